The highest BCUT2D eigenvalue weighted by Crippen LogP contribution is 2.14. The van der Waals surface area contributed by atoms with Crippen molar-refractivity contribution in [1.82, 2.24) is 15.3 Å². The molecule has 0 aliphatic rings. The van der Waals surface area contributed by atoms with Gasteiger partial charge < -0.3 is 10.3 Å². The summed E-state index contributed by atoms with van der Waals surface area (Å²) in [7, 11) is 0. The quantitative estimate of drug-likeness (QED) is 0.747. The number of benzene rings is 1. The van der Waals surface area contributed by atoms with Gasteiger partial charge in [0.05, 0.1) is 0 Å². The van der Waals surface area contributed by atoms with Gasteiger partial charge in [0.25, 0.3) is 0 Å². The van der Waals surface area contributed by atoms with Crippen molar-refractivity contribution in [1.29, 1.82) is 0 Å². The maximum Gasteiger partial charge on any atom is 0.0457 e. The van der Waals surface area contributed by atoms with E-state index in [1.54, 1.807) is 0 Å². The van der Waals surface area contributed by atoms with Gasteiger partial charge in [-0.2, -0.15) is 0 Å². The van der Waals surface area contributed by atoms with Gasteiger partial charge in [-0.15, -0.1) is 0 Å². The van der Waals surface area contributed by atoms with Crippen molar-refractivity contribution in [3.8, 4) is 0 Å². The van der Waals surface area contributed by atoms with Crippen LogP contribution in [0.3, 0.4) is 0 Å². The van der Waals surface area contributed by atoms with Gasteiger partial charge in [-0.05, 0) is 41.6 Å². The van der Waals surface area contributed by atoms with Crippen LogP contribution in [0.5, 0.6) is 0 Å². The highest BCUT2D eigenvalue weighted by atomic mass is 14.9. The molecule has 2 heterocycles. The van der Waals surface area contributed by atoms with Crippen LogP contribution < -0.4 is 5.32 Å². The van der Waals surface area contributed by atoms with E-state index in [1.807, 2.05) is 25.4 Å². The van der Waals surface area contributed by atoms with Crippen LogP contribution in [0.15, 0.2) is 48.8 Å². The van der Waals surface area contributed by atoms with E-state index in [4.69, 9.17) is 0 Å². The summed E-state index contributed by atoms with van der Waals surface area (Å²) in [4.78, 5) is 7.53. The zero-order valence-corrected chi connectivity index (χ0v) is 11.0. The molecule has 3 heteroatoms. The minimum absolute atomic E-state index is 0.843. The number of nitrogens with zero attached hydrogens (tertiary/aromatic N) is 1. The number of pyridine rings is 1. The third kappa shape index (κ3) is 2.83. The lowest BCUT2D eigenvalue weighted by Gasteiger charge is -2.05. The number of aryl methyl sites for hydroxylation is 1. The van der Waals surface area contributed by atoms with Gasteiger partial charge in [-0.25, -0.2) is 0 Å². The third-order valence-corrected chi connectivity index (χ3v) is 3.25. The molecule has 0 radical (unpaired) electrons. The Hall–Kier alpha value is -2.13. The summed E-state index contributed by atoms with van der Waals surface area (Å²) in [5, 5.41) is 4.70. The van der Waals surface area contributed by atoms with Gasteiger partial charge in [-0.3, -0.25) is 4.98 Å². The van der Waals surface area contributed by atoms with Gasteiger partial charge in [0.15, 0.2) is 0 Å². The minimum Gasteiger partial charge on any atom is -0.361 e. The summed E-state index contributed by atoms with van der Waals surface area (Å²) in [6.07, 6.45) is 3.90. The Labute approximate surface area is 112 Å². The van der Waals surface area contributed by atoms with Crippen molar-refractivity contribution in [2.24, 2.45) is 0 Å². The molecule has 0 spiro atoms. The van der Waals surface area contributed by atoms with Crippen molar-refractivity contribution in [3.05, 3.63) is 65.6 Å². The Balaban J connectivity index is 1.61. The molecule has 0 unspecified atom stereocenters. The topological polar surface area (TPSA) is 40.7 Å². The first-order chi connectivity index (χ1) is 9.31. The molecule has 3 nitrogen and oxygen atoms in total. The van der Waals surface area contributed by atoms with E-state index in [0.29, 0.717) is 0 Å². The molecule has 0 aliphatic heterocycles. The molecular weight excluding hydrogens is 234 g/mol. The average Bonchev–Trinajstić information content (AvgIpc) is 2.88. The van der Waals surface area contributed by atoms with Crippen LogP contribution in [-0.4, -0.2) is 9.97 Å². The molecule has 0 amide bonds. The molecule has 2 aromatic heterocycles. The lowest BCUT2D eigenvalue weighted by atomic mass is 10.1. The highest BCUT2D eigenvalue weighted by molar-refractivity contribution is 5.79. The summed E-state index contributed by atoms with van der Waals surface area (Å²) in [6.45, 7) is 3.71. The molecule has 3 rings (SSSR count). The van der Waals surface area contributed by atoms with Gasteiger partial charge in [0.2, 0.25) is 0 Å². The van der Waals surface area contributed by atoms with Gasteiger partial charge in [0.1, 0.15) is 0 Å². The smallest absolute Gasteiger partial charge is 0.0457 e. The normalized spacial score (nSPS) is 11.0. The molecule has 96 valence electrons. The second kappa shape index (κ2) is 5.24. The van der Waals surface area contributed by atoms with E-state index in [0.717, 1.165) is 18.8 Å². The summed E-state index contributed by atoms with van der Waals surface area (Å²) >= 11 is 0. The number of aromatic amines is 1. The second-order valence-corrected chi connectivity index (χ2v) is 4.81. The fraction of sp³-hybridized carbons (Fsp3) is 0.188. The first-order valence-corrected chi connectivity index (χ1v) is 6.49. The predicted molar refractivity (Wildman–Crippen MR) is 77.8 cm³/mol. The molecule has 2 N–H and O–H groups in total. The monoisotopic (exact) mass is 251 g/mol. The third-order valence-electron chi connectivity index (χ3n) is 3.25. The molecule has 1 aromatic carbocycles. The van der Waals surface area contributed by atoms with Crippen LogP contribution in [0.4, 0.5) is 0 Å². The van der Waals surface area contributed by atoms with Crippen LogP contribution in [0.1, 0.15) is 16.8 Å². The van der Waals surface area contributed by atoms with E-state index in [2.05, 4.69) is 45.6 Å². The second-order valence-electron chi connectivity index (χ2n) is 4.81. The van der Waals surface area contributed by atoms with Gasteiger partial charge >= 0.3 is 0 Å². The molecule has 0 saturated carbocycles. The number of H-pyrrole nitrogens is 1. The van der Waals surface area contributed by atoms with E-state index in [-0.39, 0.29) is 0 Å². The number of nitrogens with one attached hydrogen (secondary N) is 2. The molecular formula is C16H17N3. The molecule has 0 bridgehead atoms. The number of hydrogen-bond donors (Lipinski definition) is 2. The van der Waals surface area contributed by atoms with Crippen molar-refractivity contribution >= 4 is 10.9 Å². The van der Waals surface area contributed by atoms with E-state index < -0.39 is 0 Å². The van der Waals surface area contributed by atoms with E-state index in [9.17, 15) is 0 Å². The van der Waals surface area contributed by atoms with Gasteiger partial charge in [-0.1, -0.05) is 18.2 Å². The maximum absolute atomic E-state index is 4.29. The fourth-order valence-corrected chi connectivity index (χ4v) is 2.16. The Kier molecular flexibility index (Phi) is 3.29. The maximum atomic E-state index is 4.29. The average molecular weight is 251 g/mol. The Morgan fingerprint density at radius 1 is 1.05 bits per heavy atom. The number of fused-ring (bicyclic) bond motifs is 1. The van der Waals surface area contributed by atoms with Crippen LogP contribution in [0.2, 0.25) is 0 Å². The first-order valence-electron chi connectivity index (χ1n) is 6.49. The molecule has 0 atom stereocenters. The lowest BCUT2D eigenvalue weighted by Crippen LogP contribution is -2.12. The lowest BCUT2D eigenvalue weighted by molar-refractivity contribution is 0.691. The zero-order valence-electron chi connectivity index (χ0n) is 11.0. The highest BCUT2D eigenvalue weighted by Gasteiger charge is 1.98. The van der Waals surface area contributed by atoms with Gasteiger partial charge in [0, 0.05) is 36.7 Å². The van der Waals surface area contributed by atoms with Crippen LogP contribution in [0.25, 0.3) is 10.9 Å². The fourth-order valence-electron chi connectivity index (χ4n) is 2.16. The summed E-state index contributed by atoms with van der Waals surface area (Å²) in [5.41, 5.74) is 4.75. The largest absolute Gasteiger partial charge is 0.361 e. The van der Waals surface area contributed by atoms with Crippen molar-refractivity contribution in [3.63, 3.8) is 0 Å². The van der Waals surface area contributed by atoms with Crippen molar-refractivity contribution < 1.29 is 0 Å². The molecule has 19 heavy (non-hydrogen) atoms. The summed E-state index contributed by atoms with van der Waals surface area (Å²) in [5.74, 6) is 0. The first kappa shape index (κ1) is 11.9. The summed E-state index contributed by atoms with van der Waals surface area (Å²) in [6, 6.07) is 12.7. The Bertz CT molecular complexity index is 668. The van der Waals surface area contributed by atoms with Crippen LogP contribution in [0, 0.1) is 6.92 Å². The Morgan fingerprint density at radius 2 is 1.89 bits per heavy atom. The molecule has 0 aliphatic carbocycles. The molecule has 0 fully saturated rings. The molecule has 0 saturated heterocycles. The van der Waals surface area contributed by atoms with Crippen molar-refractivity contribution in [2.45, 2.75) is 20.0 Å². The van der Waals surface area contributed by atoms with Crippen molar-refractivity contribution in [2.75, 3.05) is 0 Å². The van der Waals surface area contributed by atoms with Crippen LogP contribution in [-0.2, 0) is 13.1 Å². The number of hydrogen-bond acceptors (Lipinski definition) is 2. The SMILES string of the molecule is Cc1ccc(CNCc2ccc3cc[nH]c3c2)cn1. The number of aromatic nitrogens is 2. The standard InChI is InChI=1S/C16H17N3/c1-12-2-3-14(11-19-12)10-17-9-13-4-5-15-6-7-18-16(15)8-13/h2-8,11,17-18H,9-10H2,1H3. The van der Waals surface area contributed by atoms with E-state index >= 15 is 0 Å². The van der Waals surface area contributed by atoms with E-state index in [1.165, 1.54) is 22.0 Å². The molecule has 3 aromatic rings. The summed E-state index contributed by atoms with van der Waals surface area (Å²) < 4.78 is 0. The predicted octanol–water partition coefficient (Wildman–Crippen LogP) is 3.16. The zero-order chi connectivity index (χ0) is 13.1. The minimum atomic E-state index is 0.843. The van der Waals surface area contributed by atoms with Crippen LogP contribution >= 0.6 is 0 Å². The Morgan fingerprint density at radius 3 is 2.74 bits per heavy atom. The number of rotatable bonds is 4.